The topological polar surface area (TPSA) is 9.23 Å². The van der Waals surface area contributed by atoms with Crippen molar-refractivity contribution in [2.24, 2.45) is 0 Å². The minimum absolute atomic E-state index is 0.0349. The number of hydrogen-bond acceptors (Lipinski definition) is 1. The van der Waals surface area contributed by atoms with Crippen molar-refractivity contribution in [2.75, 3.05) is 6.61 Å². The molecule has 0 amide bonds. The van der Waals surface area contributed by atoms with E-state index in [1.165, 1.54) is 16.7 Å². The molecule has 0 aliphatic heterocycles. The minimum Gasteiger partial charge on any atom is -0.493 e. The van der Waals surface area contributed by atoms with Crippen molar-refractivity contribution >= 4 is 5.57 Å². The Kier molecular flexibility index (Phi) is 8.95. The number of hydrogen-bond donors (Lipinski definition) is 0. The van der Waals surface area contributed by atoms with E-state index in [0.717, 1.165) is 36.2 Å². The number of ether oxygens (including phenoxy) is 1. The lowest BCUT2D eigenvalue weighted by Gasteiger charge is -2.30. The maximum Gasteiger partial charge on any atom is 0.123 e. The number of rotatable bonds is 10. The normalized spacial score (nSPS) is 12.4. The van der Waals surface area contributed by atoms with Crippen LogP contribution in [0.4, 0.5) is 0 Å². The first kappa shape index (κ1) is 24.8. The van der Waals surface area contributed by atoms with Crippen LogP contribution in [-0.4, -0.2) is 6.61 Å². The molecule has 0 fully saturated rings. The number of allylic oxidation sites excluding steroid dienone is 6. The van der Waals surface area contributed by atoms with Gasteiger partial charge in [-0.3, -0.25) is 0 Å². The van der Waals surface area contributed by atoms with Crippen molar-refractivity contribution in [3.63, 3.8) is 0 Å². The molecule has 0 radical (unpaired) electrons. The second-order valence-corrected chi connectivity index (χ2v) is 9.63. The Morgan fingerprint density at radius 3 is 2.03 bits per heavy atom. The highest BCUT2D eigenvalue weighted by molar-refractivity contribution is 5.79. The molecule has 1 heteroatoms. The third-order valence-electron chi connectivity index (χ3n) is 4.84. The Balaban J connectivity index is 3.66. The van der Waals surface area contributed by atoms with Gasteiger partial charge in [-0.25, -0.2) is 0 Å². The van der Waals surface area contributed by atoms with Gasteiger partial charge in [0.1, 0.15) is 5.75 Å². The monoisotopic (exact) mass is 392 g/mol. The fourth-order valence-corrected chi connectivity index (χ4v) is 3.27. The molecule has 0 N–H and O–H groups in total. The van der Waals surface area contributed by atoms with E-state index in [9.17, 15) is 0 Å². The molecular weight excluding hydrogens is 352 g/mol. The molecule has 1 nitrogen and oxygen atoms in total. The first-order valence-electron chi connectivity index (χ1n) is 10.5. The van der Waals surface area contributed by atoms with Gasteiger partial charge >= 0.3 is 0 Å². The van der Waals surface area contributed by atoms with E-state index in [1.807, 2.05) is 18.2 Å². The summed E-state index contributed by atoms with van der Waals surface area (Å²) in [5.41, 5.74) is 5.70. The second-order valence-electron chi connectivity index (χ2n) is 9.63. The smallest absolute Gasteiger partial charge is 0.123 e. The zero-order chi connectivity index (χ0) is 22.2. The van der Waals surface area contributed by atoms with Crippen LogP contribution in [-0.2, 0) is 10.8 Å². The molecule has 1 rings (SSSR count). The van der Waals surface area contributed by atoms with Crippen molar-refractivity contribution in [3.05, 3.63) is 85.0 Å². The van der Waals surface area contributed by atoms with Crippen LogP contribution in [0.5, 0.6) is 5.75 Å². The van der Waals surface area contributed by atoms with Gasteiger partial charge in [0.05, 0.1) is 6.61 Å². The fourth-order valence-electron chi connectivity index (χ4n) is 3.27. The van der Waals surface area contributed by atoms with Gasteiger partial charge in [-0.15, -0.1) is 13.2 Å². The van der Waals surface area contributed by atoms with Crippen molar-refractivity contribution in [3.8, 4) is 5.75 Å². The summed E-state index contributed by atoms with van der Waals surface area (Å²) in [6.07, 6.45) is 10.6. The van der Waals surface area contributed by atoms with Gasteiger partial charge in [0, 0.05) is 5.56 Å². The first-order valence-corrected chi connectivity index (χ1v) is 10.5. The molecule has 0 bridgehead atoms. The molecule has 0 saturated heterocycles. The van der Waals surface area contributed by atoms with Crippen molar-refractivity contribution < 1.29 is 4.74 Å². The second kappa shape index (κ2) is 10.5. The minimum atomic E-state index is -0.0384. The van der Waals surface area contributed by atoms with Gasteiger partial charge < -0.3 is 4.74 Å². The quantitative estimate of drug-likeness (QED) is 0.221. The van der Waals surface area contributed by atoms with Crippen molar-refractivity contribution in [2.45, 2.75) is 71.6 Å². The van der Waals surface area contributed by atoms with Crippen LogP contribution in [0.25, 0.3) is 5.57 Å². The van der Waals surface area contributed by atoms with Crippen LogP contribution in [0.15, 0.2) is 68.3 Å². The average molecular weight is 393 g/mol. The van der Waals surface area contributed by atoms with E-state index < -0.39 is 0 Å². The highest BCUT2D eigenvalue weighted by Crippen LogP contribution is 2.40. The fraction of sp³-hybridized carbons (Fsp3) is 0.429. The largest absolute Gasteiger partial charge is 0.493 e. The molecule has 1 aromatic rings. The van der Waals surface area contributed by atoms with Crippen molar-refractivity contribution in [1.82, 2.24) is 0 Å². The lowest BCUT2D eigenvalue weighted by atomic mass is 9.77. The molecule has 0 saturated carbocycles. The van der Waals surface area contributed by atoms with Crippen LogP contribution < -0.4 is 4.74 Å². The van der Waals surface area contributed by atoms with Crippen LogP contribution >= 0.6 is 0 Å². The van der Waals surface area contributed by atoms with Crippen LogP contribution in [0.1, 0.15) is 77.5 Å². The predicted octanol–water partition coefficient (Wildman–Crippen LogP) is 8.33. The Hall–Kier alpha value is -2.28. The van der Waals surface area contributed by atoms with E-state index in [1.54, 1.807) is 0 Å². The zero-order valence-electron chi connectivity index (χ0n) is 19.5. The molecule has 158 valence electrons. The number of benzene rings is 1. The number of unbranched alkanes of at least 4 members (excludes halogenated alkanes) is 1. The van der Waals surface area contributed by atoms with Crippen LogP contribution in [0.3, 0.4) is 0 Å². The first-order chi connectivity index (χ1) is 13.5. The Labute approximate surface area is 179 Å². The van der Waals surface area contributed by atoms with Gasteiger partial charge in [-0.05, 0) is 58.9 Å². The zero-order valence-corrected chi connectivity index (χ0v) is 19.5. The highest BCUT2D eigenvalue weighted by Gasteiger charge is 2.26. The maximum atomic E-state index is 6.27. The molecule has 0 aromatic heterocycles. The van der Waals surface area contributed by atoms with E-state index in [4.69, 9.17) is 4.74 Å². The summed E-state index contributed by atoms with van der Waals surface area (Å²) in [5, 5.41) is 0. The molecule has 0 heterocycles. The van der Waals surface area contributed by atoms with E-state index >= 15 is 0 Å². The average Bonchev–Trinajstić information content (AvgIpc) is 2.61. The van der Waals surface area contributed by atoms with Gasteiger partial charge in [-0.1, -0.05) is 84.6 Å². The standard InChI is InChI=1S/C28H40O/c1-11-14-15-17-29-26-20-24(27(5,6)7)23(19-25(26)28(8,9)10)22(13-3)18-21(4)16-12-2/h11-13,18-20H,1-4,14-17H2,5-10H3/b22-18+. The molecule has 0 atom stereocenters. The highest BCUT2D eigenvalue weighted by atomic mass is 16.5. The Morgan fingerprint density at radius 2 is 1.55 bits per heavy atom. The maximum absolute atomic E-state index is 6.27. The van der Waals surface area contributed by atoms with Gasteiger partial charge in [0.2, 0.25) is 0 Å². The summed E-state index contributed by atoms with van der Waals surface area (Å²) in [4.78, 5) is 0. The molecule has 1 aromatic carbocycles. The SMILES string of the molecule is C=CCCCOc1cc(C(C)(C)C)c(/C(C=C)=C/C(=C)CC=C)cc1C(C)(C)C. The third-order valence-corrected chi connectivity index (χ3v) is 4.84. The molecular formula is C28H40O. The van der Waals surface area contributed by atoms with Gasteiger partial charge in [-0.2, -0.15) is 0 Å². The summed E-state index contributed by atoms with van der Waals surface area (Å²) in [6.45, 7) is 30.0. The summed E-state index contributed by atoms with van der Waals surface area (Å²) in [5.74, 6) is 0.976. The molecule has 0 aliphatic carbocycles. The summed E-state index contributed by atoms with van der Waals surface area (Å²) >= 11 is 0. The predicted molar refractivity (Wildman–Crippen MR) is 131 cm³/mol. The molecule has 0 spiro atoms. The molecule has 0 unspecified atom stereocenters. The van der Waals surface area contributed by atoms with Crippen LogP contribution in [0, 0.1) is 0 Å². The van der Waals surface area contributed by atoms with E-state index in [0.29, 0.717) is 6.61 Å². The third kappa shape index (κ3) is 7.24. The Bertz CT molecular complexity index is 776. The van der Waals surface area contributed by atoms with E-state index in [2.05, 4.69) is 86.1 Å². The van der Waals surface area contributed by atoms with Crippen LogP contribution in [0.2, 0.25) is 0 Å². The lowest BCUT2D eigenvalue weighted by molar-refractivity contribution is 0.302. The van der Waals surface area contributed by atoms with Crippen molar-refractivity contribution in [1.29, 1.82) is 0 Å². The van der Waals surface area contributed by atoms with Gasteiger partial charge in [0.25, 0.3) is 0 Å². The summed E-state index contributed by atoms with van der Waals surface area (Å²) in [6, 6.07) is 4.52. The Morgan fingerprint density at radius 1 is 0.931 bits per heavy atom. The van der Waals surface area contributed by atoms with E-state index in [-0.39, 0.29) is 10.8 Å². The van der Waals surface area contributed by atoms with Gasteiger partial charge in [0.15, 0.2) is 0 Å². The summed E-state index contributed by atoms with van der Waals surface area (Å²) < 4.78 is 6.27. The molecule has 29 heavy (non-hydrogen) atoms. The molecule has 0 aliphatic rings. The lowest BCUT2D eigenvalue weighted by Crippen LogP contribution is -2.19. The summed E-state index contributed by atoms with van der Waals surface area (Å²) in [7, 11) is 0.